The largest absolute Gasteiger partial charge is 0.378 e. The molecule has 3 nitrogen and oxygen atoms in total. The molecule has 1 aliphatic heterocycles. The first-order valence-corrected chi connectivity index (χ1v) is 5.70. The van der Waals surface area contributed by atoms with E-state index in [1.54, 1.807) is 0 Å². The first-order chi connectivity index (χ1) is 7.75. The smallest absolute Gasteiger partial charge is 0.170 e. The van der Waals surface area contributed by atoms with Gasteiger partial charge in [-0.1, -0.05) is 0 Å². The summed E-state index contributed by atoms with van der Waals surface area (Å²) in [5.41, 5.74) is 2.49. The highest BCUT2D eigenvalue weighted by Gasteiger charge is 2.10. The topological polar surface area (TPSA) is 15.5 Å². The summed E-state index contributed by atoms with van der Waals surface area (Å²) in [6.45, 7) is 3.67. The Balaban J connectivity index is 2.09. The fourth-order valence-corrected chi connectivity index (χ4v) is 1.78. The van der Waals surface area contributed by atoms with Crippen molar-refractivity contribution in [3.8, 4) is 0 Å². The van der Waals surface area contributed by atoms with Gasteiger partial charge in [0.1, 0.15) is 13.2 Å². The summed E-state index contributed by atoms with van der Waals surface area (Å²) < 4.78 is 7.63. The third kappa shape index (κ3) is 2.83. The van der Waals surface area contributed by atoms with Gasteiger partial charge in [-0.05, 0) is 24.3 Å². The summed E-state index contributed by atoms with van der Waals surface area (Å²) in [5.74, 6) is 0. The van der Waals surface area contributed by atoms with Gasteiger partial charge < -0.3 is 9.64 Å². The number of ether oxygens (including phenoxy) is 1. The lowest BCUT2D eigenvalue weighted by Crippen LogP contribution is -2.29. The van der Waals surface area contributed by atoms with Gasteiger partial charge in [-0.3, -0.25) is 0 Å². The second-order valence-electron chi connectivity index (χ2n) is 4.26. The maximum Gasteiger partial charge on any atom is 0.170 e. The molecule has 1 heterocycles. The quantitative estimate of drug-likeness (QED) is 0.695. The van der Waals surface area contributed by atoms with Crippen LogP contribution in [0.3, 0.4) is 0 Å². The van der Waals surface area contributed by atoms with Crippen LogP contribution in [0.4, 0.5) is 5.69 Å². The van der Waals surface area contributed by atoms with Gasteiger partial charge in [0, 0.05) is 25.3 Å². The van der Waals surface area contributed by atoms with Gasteiger partial charge in [0.25, 0.3) is 0 Å². The number of rotatable bonds is 2. The Morgan fingerprint density at radius 1 is 1.12 bits per heavy atom. The Morgan fingerprint density at radius 2 is 1.75 bits per heavy atom. The predicted octanol–water partition coefficient (Wildman–Crippen LogP) is 1.21. The van der Waals surface area contributed by atoms with Crippen LogP contribution in [-0.2, 0) is 4.74 Å². The van der Waals surface area contributed by atoms with E-state index >= 15 is 0 Å². The van der Waals surface area contributed by atoms with Crippen molar-refractivity contribution in [2.24, 2.45) is 0 Å². The van der Waals surface area contributed by atoms with Crippen LogP contribution in [0, 0.1) is 0 Å². The molecule has 0 N–H and O–H groups in total. The van der Waals surface area contributed by atoms with Crippen LogP contribution in [-0.4, -0.2) is 51.2 Å². The second-order valence-corrected chi connectivity index (χ2v) is 4.26. The van der Waals surface area contributed by atoms with E-state index in [0.29, 0.717) is 0 Å². The molecule has 2 rings (SSSR count). The molecule has 86 valence electrons. The van der Waals surface area contributed by atoms with E-state index in [4.69, 9.17) is 4.74 Å². The molecule has 0 spiro atoms. The summed E-state index contributed by atoms with van der Waals surface area (Å²) in [6.07, 6.45) is 2.21. The molecule has 0 aliphatic carbocycles. The van der Waals surface area contributed by atoms with Crippen molar-refractivity contribution >= 4 is 11.9 Å². The predicted molar refractivity (Wildman–Crippen MR) is 66.7 cm³/mol. The Kier molecular flexibility index (Phi) is 3.57. The van der Waals surface area contributed by atoms with Crippen LogP contribution in [0.5, 0.6) is 0 Å². The maximum absolute atomic E-state index is 5.32. The molecular formula is C13H19N2O+. The number of morpholine rings is 1. The molecule has 0 atom stereocenters. The van der Waals surface area contributed by atoms with Gasteiger partial charge in [0.15, 0.2) is 19.3 Å². The Bertz CT molecular complexity index is 360. The molecule has 16 heavy (non-hydrogen) atoms. The molecule has 1 aliphatic rings. The molecule has 3 heteroatoms. The van der Waals surface area contributed by atoms with Gasteiger partial charge in [0.2, 0.25) is 0 Å². The zero-order chi connectivity index (χ0) is 11.4. The first-order valence-electron chi connectivity index (χ1n) is 5.70. The molecule has 0 amide bonds. The maximum atomic E-state index is 5.32. The first kappa shape index (κ1) is 11.1. The van der Waals surface area contributed by atoms with Crippen molar-refractivity contribution < 1.29 is 9.31 Å². The molecular weight excluding hydrogens is 200 g/mol. The van der Waals surface area contributed by atoms with Crippen molar-refractivity contribution in [1.82, 2.24) is 0 Å². The Hall–Kier alpha value is -1.35. The van der Waals surface area contributed by atoms with Crippen LogP contribution >= 0.6 is 0 Å². The van der Waals surface area contributed by atoms with E-state index in [2.05, 4.69) is 54.1 Å². The van der Waals surface area contributed by atoms with Crippen LogP contribution in [0.1, 0.15) is 5.56 Å². The summed E-state index contributed by atoms with van der Waals surface area (Å²) >= 11 is 0. The van der Waals surface area contributed by atoms with Crippen molar-refractivity contribution in [2.75, 3.05) is 45.3 Å². The number of hydrogen-bond donors (Lipinski definition) is 0. The number of benzene rings is 1. The lowest BCUT2D eigenvalue weighted by Gasteiger charge is -2.12. The molecule has 1 fully saturated rings. The summed E-state index contributed by atoms with van der Waals surface area (Å²) in [4.78, 5) is 2.11. The third-order valence-electron chi connectivity index (χ3n) is 2.79. The number of anilines is 1. The van der Waals surface area contributed by atoms with Crippen LogP contribution < -0.4 is 4.90 Å². The Labute approximate surface area is 97.0 Å². The molecule has 0 unspecified atom stereocenters. The highest BCUT2D eigenvalue weighted by molar-refractivity contribution is 5.76. The van der Waals surface area contributed by atoms with Gasteiger partial charge in [-0.15, -0.1) is 0 Å². The lowest BCUT2D eigenvalue weighted by molar-refractivity contribution is -0.544. The summed E-state index contributed by atoms with van der Waals surface area (Å²) in [7, 11) is 4.11. The average molecular weight is 219 g/mol. The Morgan fingerprint density at radius 3 is 2.31 bits per heavy atom. The fourth-order valence-electron chi connectivity index (χ4n) is 1.78. The summed E-state index contributed by atoms with van der Waals surface area (Å²) in [6, 6.07) is 8.61. The van der Waals surface area contributed by atoms with Crippen LogP contribution in [0.25, 0.3) is 0 Å². The molecule has 1 aromatic rings. The van der Waals surface area contributed by atoms with Gasteiger partial charge in [-0.25, -0.2) is 4.58 Å². The van der Waals surface area contributed by atoms with Crippen molar-refractivity contribution in [3.05, 3.63) is 29.8 Å². The number of hydrogen-bond acceptors (Lipinski definition) is 2. The van der Waals surface area contributed by atoms with E-state index < -0.39 is 0 Å². The van der Waals surface area contributed by atoms with E-state index in [-0.39, 0.29) is 0 Å². The minimum atomic E-state index is 0.840. The summed E-state index contributed by atoms with van der Waals surface area (Å²) in [5, 5.41) is 0. The van der Waals surface area contributed by atoms with E-state index in [0.717, 1.165) is 26.3 Å². The zero-order valence-corrected chi connectivity index (χ0v) is 10.0. The highest BCUT2D eigenvalue weighted by atomic mass is 16.5. The van der Waals surface area contributed by atoms with Crippen molar-refractivity contribution in [2.45, 2.75) is 0 Å². The van der Waals surface area contributed by atoms with E-state index in [9.17, 15) is 0 Å². The molecule has 1 aromatic carbocycles. The van der Waals surface area contributed by atoms with Gasteiger partial charge in [0.05, 0.1) is 0 Å². The molecule has 0 radical (unpaired) electrons. The fraction of sp³-hybridized carbons (Fsp3) is 0.462. The third-order valence-corrected chi connectivity index (χ3v) is 2.79. The lowest BCUT2D eigenvalue weighted by atomic mass is 10.2. The minimum Gasteiger partial charge on any atom is -0.378 e. The SMILES string of the molecule is CN(C)c1ccc(C=[N+]2CCOCC2)cc1. The van der Waals surface area contributed by atoms with Crippen molar-refractivity contribution in [1.29, 1.82) is 0 Å². The number of nitrogens with zero attached hydrogens (tertiary/aromatic N) is 2. The van der Waals surface area contributed by atoms with E-state index in [1.807, 2.05) is 0 Å². The minimum absolute atomic E-state index is 0.840. The zero-order valence-electron chi connectivity index (χ0n) is 10.0. The second kappa shape index (κ2) is 5.12. The molecule has 0 bridgehead atoms. The normalized spacial score (nSPS) is 16.0. The molecule has 0 saturated carbocycles. The van der Waals surface area contributed by atoms with Gasteiger partial charge in [-0.2, -0.15) is 0 Å². The monoisotopic (exact) mass is 219 g/mol. The van der Waals surface area contributed by atoms with Gasteiger partial charge >= 0.3 is 0 Å². The molecule has 1 saturated heterocycles. The highest BCUT2D eigenvalue weighted by Crippen LogP contribution is 2.10. The van der Waals surface area contributed by atoms with Crippen molar-refractivity contribution in [3.63, 3.8) is 0 Å². The average Bonchev–Trinajstić information content (AvgIpc) is 2.31. The van der Waals surface area contributed by atoms with Crippen LogP contribution in [0.15, 0.2) is 24.3 Å². The standard InChI is InChI=1S/C13H19N2O/c1-14(2)13-5-3-12(4-6-13)11-15-7-9-16-10-8-15/h3-6,11H,7-10H2,1-2H3/q+1. The van der Waals surface area contributed by atoms with Crippen LogP contribution in [0.2, 0.25) is 0 Å². The van der Waals surface area contributed by atoms with E-state index in [1.165, 1.54) is 11.3 Å². The molecule has 0 aromatic heterocycles.